The zero-order valence-electron chi connectivity index (χ0n) is 28.5. The molecule has 2 N–H and O–H groups in total. The molecule has 0 fully saturated rings. The highest BCUT2D eigenvalue weighted by Crippen LogP contribution is 2.27. The SMILES string of the molecule is CC.CC.CCCNCCCNC(=O)c1cc(C(=O)N(C)Cc2nc(C)cs2)cc(-c2ccc(F)cc2F)c1.Cc1ccccc1. The number of carbonyl (C=O) groups is 2. The number of halogens is 2. The largest absolute Gasteiger partial charge is 0.352 e. The van der Waals surface area contributed by atoms with Gasteiger partial charge in [0.1, 0.15) is 16.6 Å². The van der Waals surface area contributed by atoms with Crippen molar-refractivity contribution < 1.29 is 18.4 Å². The fourth-order valence-corrected chi connectivity index (χ4v) is 4.91. The number of nitrogens with zero attached hydrogens (tertiary/aromatic N) is 2. The Labute approximate surface area is 278 Å². The van der Waals surface area contributed by atoms with E-state index in [9.17, 15) is 18.4 Å². The van der Waals surface area contributed by atoms with Crippen molar-refractivity contribution in [3.8, 4) is 11.1 Å². The first-order chi connectivity index (χ1) is 22.2. The molecule has 0 aliphatic heterocycles. The van der Waals surface area contributed by atoms with Crippen molar-refractivity contribution in [2.45, 2.75) is 67.9 Å². The molecule has 0 bridgehead atoms. The number of nitrogens with one attached hydrogen (secondary N) is 2. The number of carbonyl (C=O) groups excluding carboxylic acids is 2. The number of aryl methyl sites for hydroxylation is 2. The Bertz CT molecular complexity index is 1460. The second-order valence-corrected chi connectivity index (χ2v) is 10.9. The van der Waals surface area contributed by atoms with Crippen molar-refractivity contribution in [1.29, 1.82) is 0 Å². The first kappa shape index (κ1) is 40.1. The Hall–Kier alpha value is -3.95. The summed E-state index contributed by atoms with van der Waals surface area (Å²) in [5.41, 5.74) is 3.09. The molecule has 0 radical (unpaired) electrons. The summed E-state index contributed by atoms with van der Waals surface area (Å²) in [6.07, 6.45) is 1.78. The highest BCUT2D eigenvalue weighted by molar-refractivity contribution is 7.09. The maximum Gasteiger partial charge on any atom is 0.254 e. The quantitative estimate of drug-likeness (QED) is 0.159. The Morgan fingerprint density at radius 3 is 2.11 bits per heavy atom. The van der Waals surface area contributed by atoms with Crippen LogP contribution in [0.4, 0.5) is 8.78 Å². The van der Waals surface area contributed by atoms with Gasteiger partial charge < -0.3 is 15.5 Å². The van der Waals surface area contributed by atoms with E-state index in [4.69, 9.17) is 0 Å². The minimum Gasteiger partial charge on any atom is -0.352 e. The first-order valence-corrected chi connectivity index (χ1v) is 16.8. The van der Waals surface area contributed by atoms with Gasteiger partial charge in [-0.15, -0.1) is 11.3 Å². The molecule has 1 aromatic heterocycles. The lowest BCUT2D eigenvalue weighted by atomic mass is 9.98. The Kier molecular flexibility index (Phi) is 19.6. The lowest BCUT2D eigenvalue weighted by Gasteiger charge is -2.17. The van der Waals surface area contributed by atoms with Crippen molar-refractivity contribution in [2.75, 3.05) is 26.7 Å². The van der Waals surface area contributed by atoms with E-state index in [2.05, 4.69) is 41.6 Å². The molecule has 1 heterocycles. The molecule has 0 aliphatic carbocycles. The normalized spacial score (nSPS) is 9.87. The predicted octanol–water partition coefficient (Wildman–Crippen LogP) is 8.84. The van der Waals surface area contributed by atoms with E-state index in [0.717, 1.165) is 48.8 Å². The average Bonchev–Trinajstić information content (AvgIpc) is 3.48. The van der Waals surface area contributed by atoms with Crippen LogP contribution in [0.2, 0.25) is 0 Å². The third-order valence-electron chi connectivity index (χ3n) is 6.25. The number of benzene rings is 3. The highest BCUT2D eigenvalue weighted by Gasteiger charge is 2.19. The second kappa shape index (κ2) is 22.5. The maximum atomic E-state index is 14.6. The van der Waals surface area contributed by atoms with E-state index in [1.165, 1.54) is 46.1 Å². The van der Waals surface area contributed by atoms with Crippen LogP contribution in [0.5, 0.6) is 0 Å². The molecule has 0 saturated carbocycles. The van der Waals surface area contributed by atoms with E-state index in [-0.39, 0.29) is 28.5 Å². The van der Waals surface area contributed by atoms with Crippen LogP contribution in [0, 0.1) is 25.5 Å². The monoisotopic (exact) mass is 652 g/mol. The van der Waals surface area contributed by atoms with Gasteiger partial charge >= 0.3 is 0 Å². The van der Waals surface area contributed by atoms with Crippen LogP contribution >= 0.6 is 11.3 Å². The molecule has 0 saturated heterocycles. The molecular weight excluding hydrogens is 602 g/mol. The summed E-state index contributed by atoms with van der Waals surface area (Å²) < 4.78 is 28.0. The number of rotatable bonds is 11. The van der Waals surface area contributed by atoms with Gasteiger partial charge in [0, 0.05) is 47.4 Å². The Morgan fingerprint density at radius 1 is 0.870 bits per heavy atom. The molecule has 0 aliphatic rings. The number of amides is 2. The summed E-state index contributed by atoms with van der Waals surface area (Å²) in [6.45, 7) is 16.5. The number of thiazole rings is 1. The molecule has 4 rings (SSSR count). The fourth-order valence-electron chi connectivity index (χ4n) is 4.09. The lowest BCUT2D eigenvalue weighted by molar-refractivity contribution is 0.0785. The minimum absolute atomic E-state index is 0.108. The van der Waals surface area contributed by atoms with Gasteiger partial charge in [-0.25, -0.2) is 13.8 Å². The predicted molar refractivity (Wildman–Crippen MR) is 188 cm³/mol. The van der Waals surface area contributed by atoms with Gasteiger partial charge in [-0.2, -0.15) is 0 Å². The van der Waals surface area contributed by atoms with Crippen LogP contribution in [0.15, 0.2) is 72.1 Å². The minimum atomic E-state index is -0.769. The summed E-state index contributed by atoms with van der Waals surface area (Å²) in [5, 5.41) is 8.81. The molecule has 3 aromatic carbocycles. The molecule has 9 heteroatoms. The van der Waals surface area contributed by atoms with E-state index in [1.807, 2.05) is 58.2 Å². The van der Waals surface area contributed by atoms with Crippen molar-refractivity contribution in [3.05, 3.63) is 111 Å². The lowest BCUT2D eigenvalue weighted by Crippen LogP contribution is -2.29. The van der Waals surface area contributed by atoms with E-state index < -0.39 is 11.6 Å². The molecular formula is C37H50F2N4O2S. The summed E-state index contributed by atoms with van der Waals surface area (Å²) in [7, 11) is 1.65. The van der Waals surface area contributed by atoms with Crippen LogP contribution < -0.4 is 10.6 Å². The van der Waals surface area contributed by atoms with Crippen molar-refractivity contribution in [3.63, 3.8) is 0 Å². The van der Waals surface area contributed by atoms with Crippen LogP contribution in [-0.2, 0) is 6.54 Å². The zero-order chi connectivity index (χ0) is 34.5. The molecule has 4 aromatic rings. The zero-order valence-corrected chi connectivity index (χ0v) is 29.4. The molecule has 0 atom stereocenters. The van der Waals surface area contributed by atoms with E-state index in [1.54, 1.807) is 7.05 Å². The van der Waals surface area contributed by atoms with Gasteiger partial charge in [0.2, 0.25) is 0 Å². The van der Waals surface area contributed by atoms with Gasteiger partial charge in [-0.1, -0.05) is 70.5 Å². The van der Waals surface area contributed by atoms with Crippen molar-refractivity contribution in [2.24, 2.45) is 0 Å². The number of hydrogen-bond donors (Lipinski definition) is 2. The van der Waals surface area contributed by atoms with Crippen LogP contribution in [-0.4, -0.2) is 48.4 Å². The number of aromatic nitrogens is 1. The Balaban J connectivity index is 0.000000825. The topological polar surface area (TPSA) is 74.3 Å². The van der Waals surface area contributed by atoms with Crippen molar-refractivity contribution in [1.82, 2.24) is 20.5 Å². The molecule has 0 unspecified atom stereocenters. The summed E-state index contributed by atoms with van der Waals surface area (Å²) in [6, 6.07) is 18.0. The third kappa shape index (κ3) is 14.0. The highest BCUT2D eigenvalue weighted by atomic mass is 32.1. The van der Waals surface area contributed by atoms with Gasteiger partial charge in [-0.3, -0.25) is 9.59 Å². The van der Waals surface area contributed by atoms with Gasteiger partial charge in [-0.05, 0) is 75.7 Å². The molecule has 250 valence electrons. The van der Waals surface area contributed by atoms with Crippen LogP contribution in [0.25, 0.3) is 11.1 Å². The first-order valence-electron chi connectivity index (χ1n) is 16.0. The summed E-state index contributed by atoms with van der Waals surface area (Å²) in [5.74, 6) is -2.17. The van der Waals surface area contributed by atoms with Gasteiger partial charge in [0.05, 0.1) is 6.54 Å². The molecule has 46 heavy (non-hydrogen) atoms. The third-order valence-corrected chi connectivity index (χ3v) is 7.20. The molecule has 6 nitrogen and oxygen atoms in total. The van der Waals surface area contributed by atoms with Crippen LogP contribution in [0.1, 0.15) is 84.4 Å². The maximum absolute atomic E-state index is 14.6. The van der Waals surface area contributed by atoms with E-state index in [0.29, 0.717) is 18.7 Å². The van der Waals surface area contributed by atoms with Crippen LogP contribution in [0.3, 0.4) is 0 Å². The molecule has 2 amide bonds. The fraction of sp³-hybridized carbons (Fsp3) is 0.378. The van der Waals surface area contributed by atoms with E-state index >= 15 is 0 Å². The molecule has 0 spiro atoms. The number of hydrogen-bond acceptors (Lipinski definition) is 5. The standard InChI is InChI=1S/C26H30F2N4O2S.C7H8.2C2H6/c1-4-8-29-9-5-10-30-25(33)19-11-18(22-7-6-21(27)14-23(22)28)12-20(13-19)26(34)32(3)15-24-31-17(2)16-35-24;1-7-5-3-2-4-6-7;2*1-2/h6-7,11-14,16,29H,4-5,8-10,15H2,1-3H3,(H,30,33);2-6H,1H3;2*1-2H3. The smallest absolute Gasteiger partial charge is 0.254 e. The van der Waals surface area contributed by atoms with Crippen molar-refractivity contribution >= 4 is 23.2 Å². The average molecular weight is 653 g/mol. The summed E-state index contributed by atoms with van der Waals surface area (Å²) >= 11 is 1.46. The summed E-state index contributed by atoms with van der Waals surface area (Å²) in [4.78, 5) is 32.0. The van der Waals surface area contributed by atoms with Gasteiger partial charge in [0.25, 0.3) is 11.8 Å². The Morgan fingerprint density at radius 2 is 1.54 bits per heavy atom. The van der Waals surface area contributed by atoms with Gasteiger partial charge in [0.15, 0.2) is 0 Å². The second-order valence-electron chi connectivity index (χ2n) is 9.98.